The Labute approximate surface area is 149 Å². The number of nitrogens with two attached hydrogens (primary N) is 1. The van der Waals surface area contributed by atoms with Crippen molar-refractivity contribution in [1.82, 2.24) is 4.31 Å². The molecule has 1 heterocycles. The van der Waals surface area contributed by atoms with E-state index in [2.05, 4.69) is 28.0 Å². The van der Waals surface area contributed by atoms with Gasteiger partial charge in [-0.3, -0.25) is 0 Å². The van der Waals surface area contributed by atoms with E-state index < -0.39 is 0 Å². The van der Waals surface area contributed by atoms with Crippen LogP contribution >= 0.6 is 11.9 Å². The van der Waals surface area contributed by atoms with Crippen molar-refractivity contribution in [2.45, 2.75) is 38.6 Å². The van der Waals surface area contributed by atoms with Crippen molar-refractivity contribution in [3.63, 3.8) is 0 Å². The number of benzene rings is 1. The molecule has 0 aliphatic carbocycles. The normalized spacial score (nSPS) is 16.5. The fourth-order valence-electron chi connectivity index (χ4n) is 2.62. The van der Waals surface area contributed by atoms with Crippen LogP contribution in [0, 0.1) is 17.7 Å². The van der Waals surface area contributed by atoms with Crippen LogP contribution in [0.5, 0.6) is 0 Å². The van der Waals surface area contributed by atoms with Crippen LogP contribution in [0.3, 0.4) is 0 Å². The zero-order chi connectivity index (χ0) is 17.2. The van der Waals surface area contributed by atoms with E-state index in [0.717, 1.165) is 44.0 Å². The predicted octanol–water partition coefficient (Wildman–Crippen LogP) is 3.51. The summed E-state index contributed by atoms with van der Waals surface area (Å²) in [6.07, 6.45) is 4.61. The first kappa shape index (κ1) is 19.1. The van der Waals surface area contributed by atoms with Gasteiger partial charge in [0.05, 0.1) is 6.04 Å². The molecule has 24 heavy (non-hydrogen) atoms. The highest BCUT2D eigenvalue weighted by molar-refractivity contribution is 7.97. The van der Waals surface area contributed by atoms with Gasteiger partial charge >= 0.3 is 0 Å². The van der Waals surface area contributed by atoms with Gasteiger partial charge in [0.25, 0.3) is 0 Å². The molecule has 3 nitrogen and oxygen atoms in total. The molecular formula is C19H28FN3S. The lowest BCUT2D eigenvalue weighted by Crippen LogP contribution is -2.44. The molecule has 0 radical (unpaired) electrons. The van der Waals surface area contributed by atoms with Gasteiger partial charge in [-0.1, -0.05) is 37.6 Å². The van der Waals surface area contributed by atoms with Crippen LogP contribution in [0.25, 0.3) is 0 Å². The van der Waals surface area contributed by atoms with Crippen molar-refractivity contribution < 1.29 is 4.39 Å². The van der Waals surface area contributed by atoms with Crippen molar-refractivity contribution in [2.75, 3.05) is 36.8 Å². The van der Waals surface area contributed by atoms with Gasteiger partial charge in [0, 0.05) is 44.0 Å². The third kappa shape index (κ3) is 6.72. The molecule has 1 unspecified atom stereocenters. The molecule has 0 bridgehead atoms. The molecule has 132 valence electrons. The monoisotopic (exact) mass is 349 g/mol. The van der Waals surface area contributed by atoms with Crippen LogP contribution in [0.15, 0.2) is 24.3 Å². The molecule has 1 aromatic carbocycles. The van der Waals surface area contributed by atoms with Gasteiger partial charge in [-0.25, -0.2) is 8.70 Å². The van der Waals surface area contributed by atoms with Gasteiger partial charge in [-0.2, -0.15) is 0 Å². The highest BCUT2D eigenvalue weighted by Crippen LogP contribution is 2.20. The van der Waals surface area contributed by atoms with Crippen LogP contribution in [0.2, 0.25) is 0 Å². The zero-order valence-electron chi connectivity index (χ0n) is 14.5. The number of anilines is 1. The quantitative estimate of drug-likeness (QED) is 0.464. The summed E-state index contributed by atoms with van der Waals surface area (Å²) in [5.74, 6) is 7.01. The first-order valence-electron chi connectivity index (χ1n) is 8.81. The second-order valence-electron chi connectivity index (χ2n) is 6.07. The van der Waals surface area contributed by atoms with E-state index in [-0.39, 0.29) is 11.9 Å². The predicted molar refractivity (Wildman–Crippen MR) is 103 cm³/mol. The number of unbranched alkanes of at least 4 members (excludes halogenated alkanes) is 3. The fraction of sp³-hybridized carbons (Fsp3) is 0.579. The third-order valence-corrected chi connectivity index (χ3v) is 5.30. The van der Waals surface area contributed by atoms with Crippen molar-refractivity contribution in [1.29, 1.82) is 0 Å². The van der Waals surface area contributed by atoms with Crippen LogP contribution in [-0.2, 0) is 0 Å². The third-order valence-electron chi connectivity index (χ3n) is 4.06. The van der Waals surface area contributed by atoms with E-state index >= 15 is 0 Å². The summed E-state index contributed by atoms with van der Waals surface area (Å²) in [5, 5.41) is 0. The van der Waals surface area contributed by atoms with E-state index in [4.69, 9.17) is 5.73 Å². The largest absolute Gasteiger partial charge is 0.369 e. The maximum Gasteiger partial charge on any atom is 0.123 e. The number of nitrogens with zero attached hydrogens (tertiary/aromatic N) is 2. The maximum absolute atomic E-state index is 13.0. The minimum absolute atomic E-state index is 0.0493. The van der Waals surface area contributed by atoms with Crippen molar-refractivity contribution in [3.05, 3.63) is 30.1 Å². The lowest BCUT2D eigenvalue weighted by molar-refractivity contribution is 0.429. The number of halogens is 1. The molecule has 2 N–H and O–H groups in total. The second-order valence-corrected chi connectivity index (χ2v) is 7.18. The number of hydrogen-bond donors (Lipinski definition) is 1. The molecule has 1 aliphatic rings. The molecule has 0 aromatic heterocycles. The first-order valence-corrected chi connectivity index (χ1v) is 9.75. The molecule has 1 saturated heterocycles. The highest BCUT2D eigenvalue weighted by Gasteiger charge is 2.18. The molecular weight excluding hydrogens is 321 g/mol. The molecule has 0 saturated carbocycles. The molecule has 5 heteroatoms. The molecule has 1 aromatic rings. The van der Waals surface area contributed by atoms with Gasteiger partial charge < -0.3 is 10.6 Å². The Balaban J connectivity index is 1.65. The Morgan fingerprint density at radius 3 is 2.54 bits per heavy atom. The molecule has 1 aliphatic heterocycles. The van der Waals surface area contributed by atoms with Crippen molar-refractivity contribution in [2.24, 2.45) is 5.73 Å². The lowest BCUT2D eigenvalue weighted by atomic mass is 10.2. The Bertz CT molecular complexity index is 530. The maximum atomic E-state index is 13.0. The van der Waals surface area contributed by atoms with Gasteiger partial charge in [0.1, 0.15) is 5.82 Å². The summed E-state index contributed by atoms with van der Waals surface area (Å²) in [5.41, 5.74) is 7.16. The number of hydrogen-bond acceptors (Lipinski definition) is 4. The van der Waals surface area contributed by atoms with Crippen LogP contribution in [0.4, 0.5) is 10.1 Å². The number of piperazine rings is 1. The average Bonchev–Trinajstić information content (AvgIpc) is 2.61. The van der Waals surface area contributed by atoms with E-state index in [9.17, 15) is 4.39 Å². The SMILES string of the molecule is CCCCCC#CC(N)CSN1CCN(c2ccc(F)cc2)CC1. The summed E-state index contributed by atoms with van der Waals surface area (Å²) in [6.45, 7) is 6.08. The van der Waals surface area contributed by atoms with Crippen LogP contribution < -0.4 is 10.6 Å². The van der Waals surface area contributed by atoms with E-state index in [1.165, 1.54) is 31.4 Å². The topological polar surface area (TPSA) is 32.5 Å². The Kier molecular flexibility index (Phi) is 8.44. The molecule has 0 spiro atoms. The lowest BCUT2D eigenvalue weighted by Gasteiger charge is -2.35. The van der Waals surface area contributed by atoms with Gasteiger partial charge in [0.2, 0.25) is 0 Å². The van der Waals surface area contributed by atoms with E-state index in [1.807, 2.05) is 12.1 Å². The van der Waals surface area contributed by atoms with Gasteiger partial charge in [0.15, 0.2) is 0 Å². The Hall–Kier alpha value is -1.22. The summed E-state index contributed by atoms with van der Waals surface area (Å²) in [6, 6.07) is 6.69. The van der Waals surface area contributed by atoms with Crippen LogP contribution in [0.1, 0.15) is 32.6 Å². The zero-order valence-corrected chi connectivity index (χ0v) is 15.3. The van der Waals surface area contributed by atoms with Gasteiger partial charge in [-0.05, 0) is 30.7 Å². The average molecular weight is 350 g/mol. The molecule has 1 fully saturated rings. The summed E-state index contributed by atoms with van der Waals surface area (Å²) >= 11 is 1.79. The minimum atomic E-state index is -0.183. The summed E-state index contributed by atoms with van der Waals surface area (Å²) < 4.78 is 15.3. The Morgan fingerprint density at radius 1 is 1.17 bits per heavy atom. The first-order chi connectivity index (χ1) is 11.7. The standard InChI is InChI=1S/C19H28FN3S/c1-2-3-4-5-6-7-18(21)16-24-23-14-12-22(13-15-23)19-10-8-17(20)9-11-19/h8-11,18H,2-5,12-16,21H2,1H3. The minimum Gasteiger partial charge on any atom is -0.369 e. The second kappa shape index (κ2) is 10.6. The fourth-order valence-corrected chi connectivity index (χ4v) is 3.50. The van der Waals surface area contributed by atoms with Crippen molar-refractivity contribution in [3.8, 4) is 11.8 Å². The molecule has 0 amide bonds. The van der Waals surface area contributed by atoms with Crippen molar-refractivity contribution >= 4 is 17.6 Å². The Morgan fingerprint density at radius 2 is 1.88 bits per heavy atom. The van der Waals surface area contributed by atoms with Crippen LogP contribution in [-0.4, -0.2) is 42.3 Å². The van der Waals surface area contributed by atoms with E-state index in [0.29, 0.717) is 0 Å². The molecule has 1 atom stereocenters. The smallest absolute Gasteiger partial charge is 0.123 e. The summed E-state index contributed by atoms with van der Waals surface area (Å²) in [7, 11) is 0. The summed E-state index contributed by atoms with van der Waals surface area (Å²) in [4.78, 5) is 2.30. The van der Waals surface area contributed by atoms with Gasteiger partial charge in [-0.15, -0.1) is 5.92 Å². The van der Waals surface area contributed by atoms with E-state index in [1.54, 1.807) is 11.9 Å². The molecule has 2 rings (SSSR count). The highest BCUT2D eigenvalue weighted by atomic mass is 32.2. The number of rotatable bonds is 7.